The Bertz CT molecular complexity index is 644. The fraction of sp³-hybridized carbons (Fsp3) is 0.500. The monoisotopic (exact) mass is 387 g/mol. The highest BCUT2D eigenvalue weighted by atomic mass is 35.5. The number of nitrogens with zero attached hydrogens (tertiary/aromatic N) is 2. The van der Waals surface area contributed by atoms with E-state index in [-0.39, 0.29) is 17.2 Å². The van der Waals surface area contributed by atoms with Crippen molar-refractivity contribution in [2.45, 2.75) is 6.42 Å². The van der Waals surface area contributed by atoms with Crippen LogP contribution in [-0.4, -0.2) is 68.6 Å². The Hall–Kier alpha value is -1.77. The third kappa shape index (κ3) is 4.26. The maximum absolute atomic E-state index is 13.2. The second-order valence-corrected chi connectivity index (χ2v) is 6.08. The molecular weight excluding hydrogens is 366 g/mol. The lowest BCUT2D eigenvalue weighted by Gasteiger charge is -2.31. The maximum atomic E-state index is 13.2. The molecule has 2 rings (SSSR count). The van der Waals surface area contributed by atoms with Crippen molar-refractivity contribution in [1.29, 1.82) is 0 Å². The predicted octanol–water partition coefficient (Wildman–Crippen LogP) is 1.94. The van der Waals surface area contributed by atoms with Crippen molar-refractivity contribution in [2.24, 2.45) is 0 Å². The van der Waals surface area contributed by atoms with E-state index in [4.69, 9.17) is 38.0 Å². The van der Waals surface area contributed by atoms with E-state index in [9.17, 15) is 4.79 Å². The zero-order valence-corrected chi connectivity index (χ0v) is 16.1. The van der Waals surface area contributed by atoms with Gasteiger partial charge in [0, 0.05) is 26.7 Å². The smallest absolute Gasteiger partial charge is 0.280 e. The number of halogens is 1. The first-order valence-corrected chi connectivity index (χ1v) is 8.60. The minimum Gasteiger partial charge on any atom is -0.496 e. The molecule has 1 amide bonds. The van der Waals surface area contributed by atoms with Crippen LogP contribution in [0, 0.1) is 0 Å². The van der Waals surface area contributed by atoms with Gasteiger partial charge in [-0.1, -0.05) is 11.6 Å². The highest BCUT2D eigenvalue weighted by molar-refractivity contribution is 7.80. The molecule has 0 unspecified atom stereocenters. The zero-order chi connectivity index (χ0) is 18.4. The summed E-state index contributed by atoms with van der Waals surface area (Å²) in [4.78, 5) is 13.2. The molecule has 0 saturated carbocycles. The molecule has 25 heavy (non-hydrogen) atoms. The fourth-order valence-corrected chi connectivity index (χ4v) is 3.15. The lowest BCUT2D eigenvalue weighted by atomic mass is 10.1. The summed E-state index contributed by atoms with van der Waals surface area (Å²) in [5, 5.41) is 7.23. The normalized spacial score (nSPS) is 13.8. The molecule has 1 heterocycles. The first-order chi connectivity index (χ1) is 12.0. The van der Waals surface area contributed by atoms with Gasteiger partial charge in [-0.2, -0.15) is 0 Å². The number of hydrazine groups is 1. The number of nitrogens with one attached hydrogen (secondary N) is 1. The summed E-state index contributed by atoms with van der Waals surface area (Å²) in [5.41, 5.74) is 0.282. The molecule has 0 aromatic heterocycles. The van der Waals surface area contributed by atoms with Gasteiger partial charge in [0.05, 0.1) is 25.8 Å². The van der Waals surface area contributed by atoms with Gasteiger partial charge in [0.25, 0.3) is 5.91 Å². The number of carbonyl (C=O) groups is 1. The molecule has 1 fully saturated rings. The molecule has 7 nitrogen and oxygen atoms in total. The van der Waals surface area contributed by atoms with Gasteiger partial charge in [-0.15, -0.1) is 0 Å². The molecule has 138 valence electrons. The highest BCUT2D eigenvalue weighted by Crippen LogP contribution is 2.36. The van der Waals surface area contributed by atoms with Crippen molar-refractivity contribution in [3.63, 3.8) is 0 Å². The predicted molar refractivity (Wildman–Crippen MR) is 99.4 cm³/mol. The van der Waals surface area contributed by atoms with Crippen LogP contribution in [0.4, 0.5) is 0 Å². The van der Waals surface area contributed by atoms with E-state index in [1.54, 1.807) is 29.3 Å². The minimum absolute atomic E-state index is 0.274. The summed E-state index contributed by atoms with van der Waals surface area (Å²) >= 11 is 11.6. The average molecular weight is 388 g/mol. The van der Waals surface area contributed by atoms with Crippen LogP contribution >= 0.6 is 23.8 Å². The average Bonchev–Trinajstić information content (AvgIpc) is 3.10. The van der Waals surface area contributed by atoms with Crippen molar-refractivity contribution < 1.29 is 19.0 Å². The van der Waals surface area contributed by atoms with Crippen molar-refractivity contribution in [2.75, 3.05) is 47.6 Å². The third-order valence-electron chi connectivity index (χ3n) is 3.79. The van der Waals surface area contributed by atoms with Gasteiger partial charge in [0.15, 0.2) is 10.9 Å². The lowest BCUT2D eigenvalue weighted by Crippen LogP contribution is -2.49. The SMILES string of the molecule is COCCNC(=S)N1CCCN1C(=O)c1c(OC)ccc(Cl)c1OC. The Labute approximate surface area is 157 Å². The van der Waals surface area contributed by atoms with Crippen LogP contribution in [0.2, 0.25) is 5.02 Å². The van der Waals surface area contributed by atoms with E-state index in [0.717, 1.165) is 6.42 Å². The minimum atomic E-state index is -0.274. The van der Waals surface area contributed by atoms with Crippen LogP contribution in [-0.2, 0) is 4.74 Å². The van der Waals surface area contributed by atoms with Crippen LogP contribution in [0.5, 0.6) is 11.5 Å². The number of hydrogen-bond donors (Lipinski definition) is 1. The largest absolute Gasteiger partial charge is 0.496 e. The summed E-state index contributed by atoms with van der Waals surface area (Å²) < 4.78 is 15.7. The number of carbonyl (C=O) groups excluding carboxylic acids is 1. The second-order valence-electron chi connectivity index (χ2n) is 5.29. The summed E-state index contributed by atoms with van der Waals surface area (Å²) in [5.74, 6) is 0.414. The highest BCUT2D eigenvalue weighted by Gasteiger charge is 2.33. The molecule has 1 aromatic carbocycles. The molecule has 1 aliphatic rings. The topological polar surface area (TPSA) is 63.3 Å². The fourth-order valence-electron chi connectivity index (χ4n) is 2.63. The van der Waals surface area contributed by atoms with E-state index in [1.165, 1.54) is 14.2 Å². The van der Waals surface area contributed by atoms with E-state index in [1.807, 2.05) is 0 Å². The molecule has 0 spiro atoms. The van der Waals surface area contributed by atoms with E-state index in [2.05, 4.69) is 5.32 Å². The molecule has 1 saturated heterocycles. The molecular formula is C16H22ClN3O4S. The van der Waals surface area contributed by atoms with Crippen molar-refractivity contribution in [3.05, 3.63) is 22.7 Å². The van der Waals surface area contributed by atoms with Gasteiger partial charge < -0.3 is 19.5 Å². The lowest BCUT2D eigenvalue weighted by molar-refractivity contribution is 0.0483. The summed E-state index contributed by atoms with van der Waals surface area (Å²) in [6, 6.07) is 3.28. The van der Waals surface area contributed by atoms with Crippen LogP contribution < -0.4 is 14.8 Å². The summed E-state index contributed by atoms with van der Waals surface area (Å²) in [6.45, 7) is 2.29. The van der Waals surface area contributed by atoms with E-state index in [0.29, 0.717) is 42.1 Å². The van der Waals surface area contributed by atoms with Crippen molar-refractivity contribution in [3.8, 4) is 11.5 Å². The molecule has 1 aliphatic heterocycles. The second kappa shape index (κ2) is 9.07. The Morgan fingerprint density at radius 2 is 1.96 bits per heavy atom. The number of ether oxygens (including phenoxy) is 3. The molecule has 0 radical (unpaired) electrons. The van der Waals surface area contributed by atoms with Crippen LogP contribution in [0.25, 0.3) is 0 Å². The van der Waals surface area contributed by atoms with Gasteiger partial charge in [-0.25, -0.2) is 5.01 Å². The van der Waals surface area contributed by atoms with Crippen LogP contribution in [0.3, 0.4) is 0 Å². The van der Waals surface area contributed by atoms with Crippen LogP contribution in [0.15, 0.2) is 12.1 Å². The molecule has 0 bridgehead atoms. The Morgan fingerprint density at radius 1 is 1.24 bits per heavy atom. The molecule has 0 aliphatic carbocycles. The van der Waals surface area contributed by atoms with Crippen molar-refractivity contribution >= 4 is 34.8 Å². The zero-order valence-electron chi connectivity index (χ0n) is 14.5. The Morgan fingerprint density at radius 3 is 2.60 bits per heavy atom. The first kappa shape index (κ1) is 19.6. The van der Waals surface area contributed by atoms with Gasteiger partial charge in [0.1, 0.15) is 11.3 Å². The Kier molecular flexibility index (Phi) is 7.10. The van der Waals surface area contributed by atoms with Gasteiger partial charge in [-0.05, 0) is 30.8 Å². The third-order valence-corrected chi connectivity index (χ3v) is 4.44. The first-order valence-electron chi connectivity index (χ1n) is 7.81. The number of amides is 1. The summed E-state index contributed by atoms with van der Waals surface area (Å²) in [7, 11) is 4.59. The number of methoxy groups -OCH3 is 3. The number of rotatable bonds is 6. The Balaban J connectivity index is 2.27. The standard InChI is InChI=1S/C16H22ClN3O4S/c1-22-10-7-18-16(25)20-9-4-8-19(20)15(21)13-12(23-2)6-5-11(17)14(13)24-3/h5-6H,4,7-10H2,1-3H3,(H,18,25). The molecule has 1 aromatic rings. The van der Waals surface area contributed by atoms with E-state index < -0.39 is 0 Å². The number of thiocarbonyl (C=S) groups is 1. The van der Waals surface area contributed by atoms with Crippen molar-refractivity contribution in [1.82, 2.24) is 15.3 Å². The molecule has 1 N–H and O–H groups in total. The van der Waals surface area contributed by atoms with E-state index >= 15 is 0 Å². The molecule has 0 atom stereocenters. The molecule has 9 heteroatoms. The van der Waals surface area contributed by atoms with Gasteiger partial charge in [0.2, 0.25) is 0 Å². The van der Waals surface area contributed by atoms with Gasteiger partial charge >= 0.3 is 0 Å². The van der Waals surface area contributed by atoms with Gasteiger partial charge in [-0.3, -0.25) is 9.80 Å². The number of benzene rings is 1. The quantitative estimate of drug-likeness (QED) is 0.591. The summed E-state index contributed by atoms with van der Waals surface area (Å²) in [6.07, 6.45) is 0.809. The number of hydrogen-bond acceptors (Lipinski definition) is 5. The maximum Gasteiger partial charge on any atom is 0.280 e. The van der Waals surface area contributed by atoms with Crippen LogP contribution in [0.1, 0.15) is 16.8 Å².